The molecule has 4 aromatic rings. The Morgan fingerprint density at radius 3 is 1.98 bits per heavy atom. The largest absolute Gasteiger partial charge is 0.448 e. The van der Waals surface area contributed by atoms with Crippen molar-refractivity contribution in [2.75, 3.05) is 7.05 Å². The van der Waals surface area contributed by atoms with E-state index in [0.29, 0.717) is 11.6 Å². The fraction of sp³-hybridized carbons (Fsp3) is 0.432. The van der Waals surface area contributed by atoms with Gasteiger partial charge in [-0.15, -0.1) is 11.3 Å². The first kappa shape index (κ1) is 39.0. The zero-order valence-corrected chi connectivity index (χ0v) is 30.4. The summed E-state index contributed by atoms with van der Waals surface area (Å²) in [7, 11) is 1.59. The van der Waals surface area contributed by atoms with Gasteiger partial charge in [-0.3, -0.25) is 9.78 Å². The second-order valence-electron chi connectivity index (χ2n) is 13.1. The second-order valence-corrected chi connectivity index (χ2v) is 14.1. The molecule has 0 bridgehead atoms. The Balaban J connectivity index is 1.50. The van der Waals surface area contributed by atoms with Gasteiger partial charge in [0.05, 0.1) is 34.7 Å². The molecule has 0 fully saturated rings. The van der Waals surface area contributed by atoms with Crippen molar-refractivity contribution in [1.29, 1.82) is 0 Å². The summed E-state index contributed by atoms with van der Waals surface area (Å²) < 4.78 is 10.9. The Kier molecular flexibility index (Phi) is 14.5. The monoisotopic (exact) mass is 720 g/mol. The van der Waals surface area contributed by atoms with Gasteiger partial charge in [0.2, 0.25) is 5.91 Å². The molecule has 0 radical (unpaired) electrons. The SMILES string of the molecule is CC(C)c1nc(CN(C)C(=O)N[C@H](C(=O)N[C@@H](Cc2ccccc2)[C@H](O)[C@H](O)[C@H](Cc2ccccc2)NC(=O)OCc2cncs2)C(C)C)co1. The zero-order valence-electron chi connectivity index (χ0n) is 29.6. The molecule has 51 heavy (non-hydrogen) atoms. The molecule has 4 rings (SSSR count). The van der Waals surface area contributed by atoms with Crippen LogP contribution in [0.1, 0.15) is 61.2 Å². The van der Waals surface area contributed by atoms with E-state index in [9.17, 15) is 24.6 Å². The van der Waals surface area contributed by atoms with Crippen molar-refractivity contribution in [3.05, 3.63) is 106 Å². The van der Waals surface area contributed by atoms with Crippen LogP contribution >= 0.6 is 11.3 Å². The molecule has 14 heteroatoms. The van der Waals surface area contributed by atoms with Gasteiger partial charge in [0.25, 0.3) is 0 Å². The number of nitrogens with zero attached hydrogens (tertiary/aromatic N) is 3. The van der Waals surface area contributed by atoms with Crippen LogP contribution in [-0.4, -0.2) is 80.5 Å². The van der Waals surface area contributed by atoms with Crippen LogP contribution in [0.3, 0.4) is 0 Å². The van der Waals surface area contributed by atoms with Gasteiger partial charge >= 0.3 is 12.1 Å². The molecule has 5 atom stereocenters. The van der Waals surface area contributed by atoms with Gasteiger partial charge in [-0.2, -0.15) is 0 Å². The van der Waals surface area contributed by atoms with E-state index in [1.54, 1.807) is 32.6 Å². The van der Waals surface area contributed by atoms with Gasteiger partial charge in [-0.25, -0.2) is 14.6 Å². The first-order valence-electron chi connectivity index (χ1n) is 16.9. The number of urea groups is 1. The van der Waals surface area contributed by atoms with Crippen molar-refractivity contribution < 1.29 is 33.8 Å². The summed E-state index contributed by atoms with van der Waals surface area (Å²) in [6.07, 6.45) is -0.433. The number of rotatable bonds is 17. The molecular weight excluding hydrogens is 673 g/mol. The molecule has 0 unspecified atom stereocenters. The molecule has 0 aliphatic heterocycles. The fourth-order valence-electron chi connectivity index (χ4n) is 5.40. The third kappa shape index (κ3) is 11.9. The highest BCUT2D eigenvalue weighted by Gasteiger charge is 2.36. The van der Waals surface area contributed by atoms with Crippen LogP contribution in [-0.2, 0) is 35.5 Å². The maximum Gasteiger partial charge on any atom is 0.407 e. The summed E-state index contributed by atoms with van der Waals surface area (Å²) in [5.41, 5.74) is 3.81. The number of carbonyl (C=O) groups excluding carboxylic acids is 3. The topological polar surface area (TPSA) is 179 Å². The van der Waals surface area contributed by atoms with Crippen molar-refractivity contribution in [1.82, 2.24) is 30.8 Å². The molecule has 4 amide bonds. The van der Waals surface area contributed by atoms with Gasteiger partial charge in [-0.1, -0.05) is 88.4 Å². The third-order valence-electron chi connectivity index (χ3n) is 8.27. The van der Waals surface area contributed by atoms with Crippen molar-refractivity contribution in [3.8, 4) is 0 Å². The van der Waals surface area contributed by atoms with Crippen molar-refractivity contribution in [2.24, 2.45) is 5.92 Å². The summed E-state index contributed by atoms with van der Waals surface area (Å²) in [5, 5.41) is 31.8. The number of thiazole rings is 1. The Labute approximate surface area is 302 Å². The van der Waals surface area contributed by atoms with Crippen LogP contribution in [0.15, 0.2) is 83.1 Å². The lowest BCUT2D eigenvalue weighted by Gasteiger charge is -2.34. The highest BCUT2D eigenvalue weighted by atomic mass is 32.1. The predicted octanol–water partition coefficient (Wildman–Crippen LogP) is 4.41. The van der Waals surface area contributed by atoms with Crippen LogP contribution in [0, 0.1) is 5.92 Å². The molecule has 2 aromatic heterocycles. The molecule has 0 aliphatic carbocycles. The van der Waals surface area contributed by atoms with Crippen LogP contribution in [0.5, 0.6) is 0 Å². The number of nitrogens with one attached hydrogen (secondary N) is 3. The summed E-state index contributed by atoms with van der Waals surface area (Å²) in [6, 6.07) is 14.9. The number of oxazole rings is 1. The summed E-state index contributed by atoms with van der Waals surface area (Å²) >= 11 is 1.34. The fourth-order valence-corrected chi connectivity index (χ4v) is 5.90. The van der Waals surface area contributed by atoms with Gasteiger partial charge in [0.1, 0.15) is 31.1 Å². The Hall–Kier alpha value is -4.79. The molecule has 5 N–H and O–H groups in total. The van der Waals surface area contributed by atoms with Crippen LogP contribution in [0.4, 0.5) is 9.59 Å². The van der Waals surface area contributed by atoms with E-state index in [-0.39, 0.29) is 37.8 Å². The van der Waals surface area contributed by atoms with E-state index >= 15 is 0 Å². The number of hydrogen-bond acceptors (Lipinski definition) is 10. The molecule has 274 valence electrons. The van der Waals surface area contributed by atoms with Gasteiger partial charge in [-0.05, 0) is 29.9 Å². The van der Waals surface area contributed by atoms with E-state index in [2.05, 4.69) is 25.9 Å². The number of aromatic nitrogens is 2. The average molecular weight is 721 g/mol. The normalized spacial score (nSPS) is 14.3. The minimum Gasteiger partial charge on any atom is -0.448 e. The molecule has 0 spiro atoms. The maximum atomic E-state index is 13.9. The standard InChI is InChI=1S/C37H48N6O7S/c1-23(2)31(42-36(47)43(5)19-27-20-49-35(39-27)24(3)4)34(46)40-29(16-25-12-8-6-9-13-25)32(44)33(45)30(17-26-14-10-7-11-15-26)41-37(48)50-21-28-18-38-22-51-28/h6-15,18,20,22-24,29-33,44-45H,16-17,19,21H2,1-5H3,(H,40,46)(H,41,48)(H,42,47)/t29-,30-,31-,32-,33+/m0/s1. The molecule has 0 aliphatic rings. The van der Waals surface area contributed by atoms with Gasteiger partial charge in [0, 0.05) is 19.2 Å². The highest BCUT2D eigenvalue weighted by molar-refractivity contribution is 7.09. The number of hydrogen-bond donors (Lipinski definition) is 5. The smallest absolute Gasteiger partial charge is 0.407 e. The molecule has 0 saturated heterocycles. The van der Waals surface area contributed by atoms with Crippen molar-refractivity contribution >= 4 is 29.4 Å². The number of amides is 4. The first-order valence-corrected chi connectivity index (χ1v) is 17.8. The minimum atomic E-state index is -1.54. The van der Waals surface area contributed by atoms with E-state index < -0.39 is 48.4 Å². The van der Waals surface area contributed by atoms with Crippen LogP contribution < -0.4 is 16.0 Å². The minimum absolute atomic E-state index is 0.00499. The maximum absolute atomic E-state index is 13.9. The Bertz CT molecular complexity index is 1650. The van der Waals surface area contributed by atoms with Crippen LogP contribution in [0.25, 0.3) is 0 Å². The lowest BCUT2D eigenvalue weighted by atomic mass is 9.90. The Morgan fingerprint density at radius 2 is 1.47 bits per heavy atom. The van der Waals surface area contributed by atoms with E-state index in [4.69, 9.17) is 9.15 Å². The number of alkyl carbamates (subject to hydrolysis) is 1. The van der Waals surface area contributed by atoms with Crippen molar-refractivity contribution in [3.63, 3.8) is 0 Å². The average Bonchev–Trinajstić information content (AvgIpc) is 3.82. The van der Waals surface area contributed by atoms with E-state index in [1.807, 2.05) is 74.5 Å². The number of aliphatic hydroxyl groups excluding tert-OH is 2. The second kappa shape index (κ2) is 19.0. The number of carbonyl (C=O) groups is 3. The molecule has 0 saturated carbocycles. The third-order valence-corrected chi connectivity index (χ3v) is 9.02. The molecular formula is C37H48N6O7S. The van der Waals surface area contributed by atoms with Gasteiger partial charge in [0.15, 0.2) is 5.89 Å². The quantitative estimate of drug-likeness (QED) is 0.106. The lowest BCUT2D eigenvalue weighted by Crippen LogP contribution is -2.60. The zero-order chi connectivity index (χ0) is 36.9. The van der Waals surface area contributed by atoms with E-state index in [1.165, 1.54) is 22.5 Å². The summed E-state index contributed by atoms with van der Waals surface area (Å²) in [6.45, 7) is 7.67. The summed E-state index contributed by atoms with van der Waals surface area (Å²) in [5.74, 6) is -0.212. The molecule has 13 nitrogen and oxygen atoms in total. The highest BCUT2D eigenvalue weighted by Crippen LogP contribution is 2.18. The summed E-state index contributed by atoms with van der Waals surface area (Å²) in [4.78, 5) is 50.6. The molecule has 2 aromatic carbocycles. The van der Waals surface area contributed by atoms with Crippen LogP contribution in [0.2, 0.25) is 0 Å². The number of benzene rings is 2. The Morgan fingerprint density at radius 1 is 0.882 bits per heavy atom. The van der Waals surface area contributed by atoms with E-state index in [0.717, 1.165) is 16.0 Å². The first-order chi connectivity index (χ1) is 24.4. The predicted molar refractivity (Wildman–Crippen MR) is 193 cm³/mol. The van der Waals surface area contributed by atoms with Crippen molar-refractivity contribution in [2.45, 2.75) is 89.9 Å². The molecule has 2 heterocycles. The number of aliphatic hydroxyl groups is 2. The lowest BCUT2D eigenvalue weighted by molar-refractivity contribution is -0.126. The van der Waals surface area contributed by atoms with Gasteiger partial charge < -0.3 is 40.2 Å². The number of ether oxygens (including phenoxy) is 1.